The van der Waals surface area contributed by atoms with E-state index in [1.165, 1.54) is 4.88 Å². The molecule has 0 aliphatic heterocycles. The van der Waals surface area contributed by atoms with Crippen LogP contribution in [0.25, 0.3) is 0 Å². The van der Waals surface area contributed by atoms with Crippen molar-refractivity contribution in [3.05, 3.63) is 16.1 Å². The Morgan fingerprint density at radius 2 is 2.40 bits per heavy atom. The fourth-order valence-electron chi connectivity index (χ4n) is 1.16. The molecule has 0 saturated heterocycles. The molecule has 0 amide bonds. The molecule has 0 radical (unpaired) electrons. The van der Waals surface area contributed by atoms with Crippen LogP contribution >= 0.6 is 11.3 Å². The highest BCUT2D eigenvalue weighted by Crippen LogP contribution is 2.10. The molecular formula is C10H18N2O2S. The Balaban J connectivity index is 1.93. The highest BCUT2D eigenvalue weighted by Gasteiger charge is 1.96. The van der Waals surface area contributed by atoms with Gasteiger partial charge in [0, 0.05) is 24.2 Å². The maximum atomic E-state index is 8.47. The average molecular weight is 230 g/mol. The number of hydrogen-bond acceptors (Lipinski definition) is 5. The lowest BCUT2D eigenvalue weighted by Gasteiger charge is -2.03. The normalized spacial score (nSPS) is 10.8. The summed E-state index contributed by atoms with van der Waals surface area (Å²) in [4.78, 5) is 5.45. The Hall–Kier alpha value is -0.490. The molecule has 0 spiro atoms. The van der Waals surface area contributed by atoms with Crippen molar-refractivity contribution in [1.29, 1.82) is 0 Å². The predicted octanol–water partition coefficient (Wildman–Crippen LogP) is 0.940. The number of aromatic nitrogens is 1. The van der Waals surface area contributed by atoms with E-state index in [9.17, 15) is 0 Å². The van der Waals surface area contributed by atoms with Gasteiger partial charge in [-0.15, -0.1) is 11.3 Å². The van der Waals surface area contributed by atoms with Crippen molar-refractivity contribution < 1.29 is 9.84 Å². The van der Waals surface area contributed by atoms with Gasteiger partial charge in [-0.2, -0.15) is 0 Å². The lowest BCUT2D eigenvalue weighted by molar-refractivity contribution is 0.0907. The van der Waals surface area contributed by atoms with Crippen LogP contribution in [0.2, 0.25) is 0 Å². The van der Waals surface area contributed by atoms with E-state index in [1.807, 2.05) is 13.1 Å². The van der Waals surface area contributed by atoms with E-state index < -0.39 is 0 Å². The second kappa shape index (κ2) is 7.76. The van der Waals surface area contributed by atoms with Crippen molar-refractivity contribution in [1.82, 2.24) is 10.3 Å². The Kier molecular flexibility index (Phi) is 6.50. The van der Waals surface area contributed by atoms with Crippen LogP contribution in [-0.4, -0.2) is 36.5 Å². The number of aryl methyl sites for hydroxylation is 1. The van der Waals surface area contributed by atoms with Gasteiger partial charge in [0.05, 0.1) is 18.2 Å². The zero-order chi connectivity index (χ0) is 10.9. The van der Waals surface area contributed by atoms with Gasteiger partial charge in [-0.05, 0) is 19.9 Å². The first-order chi connectivity index (χ1) is 7.33. The molecule has 0 saturated carbocycles. The topological polar surface area (TPSA) is 54.4 Å². The van der Waals surface area contributed by atoms with E-state index in [-0.39, 0.29) is 6.61 Å². The summed E-state index contributed by atoms with van der Waals surface area (Å²) in [5, 5.41) is 12.9. The monoisotopic (exact) mass is 230 g/mol. The highest BCUT2D eigenvalue weighted by molar-refractivity contribution is 7.11. The van der Waals surface area contributed by atoms with Crippen LogP contribution in [0, 0.1) is 6.92 Å². The molecule has 2 N–H and O–H groups in total. The van der Waals surface area contributed by atoms with E-state index in [0.29, 0.717) is 13.2 Å². The van der Waals surface area contributed by atoms with Crippen LogP contribution < -0.4 is 5.32 Å². The molecule has 1 aromatic heterocycles. The molecule has 0 unspecified atom stereocenters. The SMILES string of the molecule is Cc1ncc(CNCCCOCCO)s1. The van der Waals surface area contributed by atoms with Gasteiger partial charge in [0.15, 0.2) is 0 Å². The Morgan fingerprint density at radius 1 is 1.53 bits per heavy atom. The Morgan fingerprint density at radius 3 is 3.07 bits per heavy atom. The molecule has 0 fully saturated rings. The maximum absolute atomic E-state index is 8.47. The standard InChI is InChI=1S/C10H18N2O2S/c1-9-12-8-10(15-9)7-11-3-2-5-14-6-4-13/h8,11,13H,2-7H2,1H3. The van der Waals surface area contributed by atoms with E-state index >= 15 is 0 Å². The summed E-state index contributed by atoms with van der Waals surface area (Å²) in [5.74, 6) is 0. The summed E-state index contributed by atoms with van der Waals surface area (Å²) in [6.45, 7) is 5.07. The minimum atomic E-state index is 0.105. The molecule has 15 heavy (non-hydrogen) atoms. The van der Waals surface area contributed by atoms with Gasteiger partial charge >= 0.3 is 0 Å². The van der Waals surface area contributed by atoms with Gasteiger partial charge in [0.1, 0.15) is 0 Å². The quantitative estimate of drug-likeness (QED) is 0.653. The molecule has 4 nitrogen and oxygen atoms in total. The molecule has 0 aromatic carbocycles. The van der Waals surface area contributed by atoms with Gasteiger partial charge in [-0.1, -0.05) is 0 Å². The molecule has 86 valence electrons. The van der Waals surface area contributed by atoms with Crippen molar-refractivity contribution in [2.75, 3.05) is 26.4 Å². The first-order valence-electron chi connectivity index (χ1n) is 5.13. The minimum absolute atomic E-state index is 0.105. The van der Waals surface area contributed by atoms with Crippen molar-refractivity contribution in [3.63, 3.8) is 0 Å². The third kappa shape index (κ3) is 5.84. The van der Waals surface area contributed by atoms with Gasteiger partial charge in [0.2, 0.25) is 0 Å². The second-order valence-corrected chi connectivity index (χ2v) is 4.53. The molecule has 0 bridgehead atoms. The molecular weight excluding hydrogens is 212 g/mol. The third-order valence-corrected chi connectivity index (χ3v) is 2.76. The first kappa shape index (κ1) is 12.6. The second-order valence-electron chi connectivity index (χ2n) is 3.21. The summed E-state index contributed by atoms with van der Waals surface area (Å²) in [6, 6.07) is 0. The largest absolute Gasteiger partial charge is 0.394 e. The van der Waals surface area contributed by atoms with E-state index in [0.717, 1.165) is 24.5 Å². The van der Waals surface area contributed by atoms with Crippen molar-refractivity contribution in [2.45, 2.75) is 19.9 Å². The fourth-order valence-corrected chi connectivity index (χ4v) is 1.93. The third-order valence-electron chi connectivity index (χ3n) is 1.85. The van der Waals surface area contributed by atoms with Crippen LogP contribution in [0.15, 0.2) is 6.20 Å². The lowest BCUT2D eigenvalue weighted by Crippen LogP contribution is -2.16. The number of nitrogens with zero attached hydrogens (tertiary/aromatic N) is 1. The number of aliphatic hydroxyl groups is 1. The molecule has 1 rings (SSSR count). The molecule has 1 heterocycles. The first-order valence-corrected chi connectivity index (χ1v) is 5.95. The zero-order valence-corrected chi connectivity index (χ0v) is 9.85. The van der Waals surface area contributed by atoms with E-state index in [2.05, 4.69) is 10.3 Å². The lowest BCUT2D eigenvalue weighted by atomic mass is 10.4. The number of aliphatic hydroxyl groups excluding tert-OH is 1. The van der Waals surface area contributed by atoms with Gasteiger partial charge < -0.3 is 15.2 Å². The van der Waals surface area contributed by atoms with Gasteiger partial charge in [-0.3, -0.25) is 0 Å². The van der Waals surface area contributed by atoms with Gasteiger partial charge in [-0.25, -0.2) is 4.98 Å². The van der Waals surface area contributed by atoms with Crippen LogP contribution in [0.3, 0.4) is 0 Å². The summed E-state index contributed by atoms with van der Waals surface area (Å²) < 4.78 is 5.14. The molecule has 5 heteroatoms. The minimum Gasteiger partial charge on any atom is -0.394 e. The van der Waals surface area contributed by atoms with Crippen molar-refractivity contribution in [3.8, 4) is 0 Å². The fraction of sp³-hybridized carbons (Fsp3) is 0.700. The summed E-state index contributed by atoms with van der Waals surface area (Å²) in [6.07, 6.45) is 2.88. The Labute approximate surface area is 94.3 Å². The molecule has 1 aromatic rings. The molecule has 0 aliphatic rings. The van der Waals surface area contributed by atoms with Crippen molar-refractivity contribution in [2.24, 2.45) is 0 Å². The summed E-state index contributed by atoms with van der Waals surface area (Å²) in [7, 11) is 0. The number of ether oxygens (including phenoxy) is 1. The average Bonchev–Trinajstić information content (AvgIpc) is 2.63. The van der Waals surface area contributed by atoms with Crippen LogP contribution in [0.4, 0.5) is 0 Å². The summed E-state index contributed by atoms with van der Waals surface area (Å²) >= 11 is 1.72. The van der Waals surface area contributed by atoms with Crippen LogP contribution in [-0.2, 0) is 11.3 Å². The van der Waals surface area contributed by atoms with E-state index in [1.54, 1.807) is 11.3 Å². The van der Waals surface area contributed by atoms with Gasteiger partial charge in [0.25, 0.3) is 0 Å². The zero-order valence-electron chi connectivity index (χ0n) is 9.03. The van der Waals surface area contributed by atoms with Crippen molar-refractivity contribution >= 4 is 11.3 Å². The van der Waals surface area contributed by atoms with Crippen LogP contribution in [0.1, 0.15) is 16.3 Å². The summed E-state index contributed by atoms with van der Waals surface area (Å²) in [5.41, 5.74) is 0. The number of rotatable bonds is 8. The number of thiazole rings is 1. The Bertz CT molecular complexity index is 266. The number of hydrogen-bond donors (Lipinski definition) is 2. The van der Waals surface area contributed by atoms with Crippen LogP contribution in [0.5, 0.6) is 0 Å². The number of nitrogens with one attached hydrogen (secondary N) is 1. The molecule has 0 atom stereocenters. The highest BCUT2D eigenvalue weighted by atomic mass is 32.1. The predicted molar refractivity (Wildman–Crippen MR) is 61.1 cm³/mol. The molecule has 0 aliphatic carbocycles. The smallest absolute Gasteiger partial charge is 0.0897 e. The maximum Gasteiger partial charge on any atom is 0.0897 e. The van der Waals surface area contributed by atoms with E-state index in [4.69, 9.17) is 9.84 Å².